The SMILES string of the molecule is CC(=O)Nc1nnc(S(N)(=O)=O)s1.[PbH2]. The fourth-order valence-electron chi connectivity index (χ4n) is 0.526. The number of nitrogens with two attached hydrogens (primary N) is 1. The van der Waals surface area contributed by atoms with Gasteiger partial charge in [0.25, 0.3) is 10.0 Å². The Bertz CT molecular complexity index is 428. The fraction of sp³-hybridized carbons (Fsp3) is 0.250. The number of carbonyl (C=O) groups is 1. The Balaban J connectivity index is 0.00000169. The van der Waals surface area contributed by atoms with E-state index in [0.717, 1.165) is 0 Å². The predicted molar refractivity (Wildman–Crippen MR) is 54.1 cm³/mol. The van der Waals surface area contributed by atoms with E-state index in [1.54, 1.807) is 0 Å². The van der Waals surface area contributed by atoms with Gasteiger partial charge in [-0.3, -0.25) is 4.79 Å². The van der Waals surface area contributed by atoms with Gasteiger partial charge in [0.2, 0.25) is 15.4 Å². The molecule has 0 saturated heterocycles. The second-order valence-electron chi connectivity index (χ2n) is 2.10. The molecule has 1 aromatic heterocycles. The molecule has 0 unspecified atom stereocenters. The van der Waals surface area contributed by atoms with Crippen molar-refractivity contribution in [2.75, 3.05) is 5.32 Å². The number of rotatable bonds is 2. The molecule has 0 aliphatic carbocycles. The molecule has 14 heavy (non-hydrogen) atoms. The fourth-order valence-corrected chi connectivity index (χ4v) is 1.91. The van der Waals surface area contributed by atoms with Gasteiger partial charge in [-0.05, 0) is 0 Å². The summed E-state index contributed by atoms with van der Waals surface area (Å²) in [6.07, 6.45) is 0. The van der Waals surface area contributed by atoms with Crippen molar-refractivity contribution < 1.29 is 13.2 Å². The number of primary sulfonamides is 1. The third-order valence-corrected chi connectivity index (χ3v) is 3.08. The molecule has 0 atom stereocenters. The molecule has 2 radical (unpaired) electrons. The van der Waals surface area contributed by atoms with Gasteiger partial charge in [-0.25, -0.2) is 13.6 Å². The molecule has 10 heteroatoms. The van der Waals surface area contributed by atoms with Crippen molar-refractivity contribution >= 4 is 59.7 Å². The average Bonchev–Trinajstić information content (AvgIpc) is 2.32. The minimum atomic E-state index is -3.82. The van der Waals surface area contributed by atoms with Crippen LogP contribution < -0.4 is 10.5 Å². The molecule has 1 amide bonds. The minimum absolute atomic E-state index is 0. The molecule has 0 aromatic carbocycles. The summed E-state index contributed by atoms with van der Waals surface area (Å²) in [6, 6.07) is 0. The van der Waals surface area contributed by atoms with Crippen LogP contribution in [0.5, 0.6) is 0 Å². The number of amides is 1. The van der Waals surface area contributed by atoms with Gasteiger partial charge in [0, 0.05) is 6.92 Å². The summed E-state index contributed by atoms with van der Waals surface area (Å²) in [5, 5.41) is 13.8. The summed E-state index contributed by atoms with van der Waals surface area (Å²) in [5.41, 5.74) is 0. The Morgan fingerprint density at radius 3 is 2.43 bits per heavy atom. The second kappa shape index (κ2) is 5.09. The number of nitrogens with one attached hydrogen (secondary N) is 1. The first-order valence-electron chi connectivity index (χ1n) is 3.03. The van der Waals surface area contributed by atoms with Crippen LogP contribution in [0.1, 0.15) is 6.92 Å². The number of anilines is 1. The van der Waals surface area contributed by atoms with Gasteiger partial charge in [-0.1, -0.05) is 11.3 Å². The number of hydrogen-bond acceptors (Lipinski definition) is 6. The van der Waals surface area contributed by atoms with E-state index in [2.05, 4.69) is 15.5 Å². The van der Waals surface area contributed by atoms with E-state index < -0.39 is 10.0 Å². The van der Waals surface area contributed by atoms with Gasteiger partial charge < -0.3 is 5.32 Å². The van der Waals surface area contributed by atoms with Crippen LogP contribution in [0.2, 0.25) is 0 Å². The van der Waals surface area contributed by atoms with Crippen molar-refractivity contribution in [2.45, 2.75) is 11.3 Å². The Hall–Kier alpha value is -0.138. The molecule has 3 N–H and O–H groups in total. The van der Waals surface area contributed by atoms with E-state index in [4.69, 9.17) is 5.14 Å². The standard InChI is InChI=1S/C4H6N4O3S2.Pb.2H/c1-2(9)6-3-7-8-4(12-3)13(5,10)11;;;/h1H3,(H2,5,10,11)(H,6,7,9);;;. The molecule has 1 heterocycles. The van der Waals surface area contributed by atoms with Gasteiger partial charge >= 0.3 is 27.3 Å². The Morgan fingerprint density at radius 2 is 2.07 bits per heavy atom. The van der Waals surface area contributed by atoms with Crippen molar-refractivity contribution in [3.63, 3.8) is 0 Å². The number of carbonyl (C=O) groups excluding carboxylic acids is 1. The molecule has 1 rings (SSSR count). The first-order chi connectivity index (χ1) is 5.89. The molecule has 78 valence electrons. The summed E-state index contributed by atoms with van der Waals surface area (Å²) >= 11 is 0.701. The third-order valence-electron chi connectivity index (χ3n) is 0.933. The van der Waals surface area contributed by atoms with Crippen LogP contribution in [0.4, 0.5) is 5.13 Å². The molecule has 0 aliphatic heterocycles. The van der Waals surface area contributed by atoms with Gasteiger partial charge in [0.05, 0.1) is 0 Å². The number of hydrogen-bond donors (Lipinski definition) is 2. The molecule has 0 spiro atoms. The van der Waals surface area contributed by atoms with Crippen molar-refractivity contribution in [1.82, 2.24) is 10.2 Å². The maximum atomic E-state index is 10.7. The molecular formula is C4H8N4O3PbS2. The van der Waals surface area contributed by atoms with Gasteiger partial charge in [-0.2, -0.15) is 0 Å². The van der Waals surface area contributed by atoms with Crippen LogP contribution in [0.25, 0.3) is 0 Å². The molecule has 1 aromatic rings. The van der Waals surface area contributed by atoms with E-state index >= 15 is 0 Å². The van der Waals surface area contributed by atoms with E-state index in [0.29, 0.717) is 11.3 Å². The van der Waals surface area contributed by atoms with E-state index in [1.165, 1.54) is 6.92 Å². The van der Waals surface area contributed by atoms with Crippen molar-refractivity contribution in [1.29, 1.82) is 0 Å². The average molecular weight is 431 g/mol. The first kappa shape index (κ1) is 13.9. The molecule has 0 bridgehead atoms. The molecule has 0 fully saturated rings. The predicted octanol–water partition coefficient (Wildman–Crippen LogP) is -1.77. The van der Waals surface area contributed by atoms with Gasteiger partial charge in [0.1, 0.15) is 0 Å². The summed E-state index contributed by atoms with van der Waals surface area (Å²) in [5.74, 6) is -0.350. The Labute approximate surface area is 104 Å². The third kappa shape index (κ3) is 3.93. The van der Waals surface area contributed by atoms with Crippen LogP contribution >= 0.6 is 11.3 Å². The van der Waals surface area contributed by atoms with Crippen LogP contribution in [0.3, 0.4) is 0 Å². The topological polar surface area (TPSA) is 115 Å². The molecule has 0 saturated carbocycles. The zero-order chi connectivity index (χ0) is 10.1. The number of aromatic nitrogens is 2. The number of sulfonamides is 1. The zero-order valence-electron chi connectivity index (χ0n) is 7.22. The van der Waals surface area contributed by atoms with E-state index in [9.17, 15) is 13.2 Å². The zero-order valence-corrected chi connectivity index (χ0v) is 14.4. The van der Waals surface area contributed by atoms with Crippen molar-refractivity contribution in [2.24, 2.45) is 5.14 Å². The molecule has 0 aliphatic rings. The molecular weight excluding hydrogens is 423 g/mol. The Morgan fingerprint density at radius 1 is 1.50 bits per heavy atom. The quantitative estimate of drug-likeness (QED) is 0.425. The van der Waals surface area contributed by atoms with Crippen LogP contribution in [0.15, 0.2) is 4.34 Å². The van der Waals surface area contributed by atoms with Crippen LogP contribution in [-0.4, -0.2) is 51.8 Å². The monoisotopic (exact) mass is 432 g/mol. The second-order valence-corrected chi connectivity index (χ2v) is 4.81. The van der Waals surface area contributed by atoms with Crippen LogP contribution in [0, 0.1) is 0 Å². The van der Waals surface area contributed by atoms with Gasteiger partial charge in [-0.15, -0.1) is 10.2 Å². The molecule has 7 nitrogen and oxygen atoms in total. The summed E-state index contributed by atoms with van der Waals surface area (Å²) in [7, 11) is -3.82. The summed E-state index contributed by atoms with van der Waals surface area (Å²) in [6.45, 7) is 1.28. The van der Waals surface area contributed by atoms with Crippen molar-refractivity contribution in [3.05, 3.63) is 0 Å². The normalized spacial score (nSPS) is 10.4. The Kier molecular flexibility index (Phi) is 5.04. The van der Waals surface area contributed by atoms with E-state index in [-0.39, 0.29) is 42.7 Å². The summed E-state index contributed by atoms with van der Waals surface area (Å²) < 4.78 is 21.1. The van der Waals surface area contributed by atoms with E-state index in [1.807, 2.05) is 0 Å². The van der Waals surface area contributed by atoms with Crippen LogP contribution in [-0.2, 0) is 14.8 Å². The first-order valence-corrected chi connectivity index (χ1v) is 5.40. The number of nitrogens with zero attached hydrogens (tertiary/aromatic N) is 2. The summed E-state index contributed by atoms with van der Waals surface area (Å²) in [4.78, 5) is 10.5. The van der Waals surface area contributed by atoms with Crippen molar-refractivity contribution in [3.8, 4) is 0 Å². The van der Waals surface area contributed by atoms with Gasteiger partial charge in [0.15, 0.2) is 0 Å². The maximum absolute atomic E-state index is 10.7.